The van der Waals surface area contributed by atoms with Gasteiger partial charge in [0.1, 0.15) is 0 Å². The molecule has 0 amide bonds. The third-order valence-corrected chi connectivity index (χ3v) is 4.57. The molecule has 4 rings (SSSR count). The lowest BCUT2D eigenvalue weighted by Crippen LogP contribution is -2.29. The number of hydrogen-bond donors (Lipinski definition) is 2. The van der Waals surface area contributed by atoms with E-state index in [-0.39, 0.29) is 0 Å². The van der Waals surface area contributed by atoms with E-state index in [2.05, 4.69) is 35.3 Å². The van der Waals surface area contributed by atoms with Crippen molar-refractivity contribution in [3.63, 3.8) is 0 Å². The van der Waals surface area contributed by atoms with Crippen LogP contribution in [0.1, 0.15) is 0 Å². The number of hydrogen-bond acceptors (Lipinski definition) is 3. The van der Waals surface area contributed by atoms with E-state index in [9.17, 15) is 10.0 Å². The van der Waals surface area contributed by atoms with Crippen molar-refractivity contribution in [1.29, 1.82) is 0 Å². The second kappa shape index (κ2) is 7.58. The standard InChI is InChI=1S/C23H18BNO2/c26-24(27)23-11-3-9-21(15-23)19-7-1-5-17(13-19)18-6-2-8-20(14-18)22-10-4-12-25-16-22/h1-16,26-27H. The molecule has 3 nitrogen and oxygen atoms in total. The van der Waals surface area contributed by atoms with E-state index in [1.807, 2.05) is 48.7 Å². The molecule has 0 aliphatic carbocycles. The van der Waals surface area contributed by atoms with Gasteiger partial charge >= 0.3 is 7.12 Å². The Morgan fingerprint density at radius 2 is 1.04 bits per heavy atom. The monoisotopic (exact) mass is 351 g/mol. The molecule has 4 heteroatoms. The molecular formula is C23H18BNO2. The van der Waals surface area contributed by atoms with Gasteiger partial charge in [0, 0.05) is 18.0 Å². The first-order chi connectivity index (χ1) is 13.2. The highest BCUT2D eigenvalue weighted by Gasteiger charge is 2.11. The summed E-state index contributed by atoms with van der Waals surface area (Å²) in [6.07, 6.45) is 3.63. The van der Waals surface area contributed by atoms with E-state index in [1.54, 1.807) is 18.3 Å². The van der Waals surface area contributed by atoms with Crippen LogP contribution in [0.2, 0.25) is 0 Å². The van der Waals surface area contributed by atoms with E-state index in [0.717, 1.165) is 33.4 Å². The van der Waals surface area contributed by atoms with Gasteiger partial charge in [-0.2, -0.15) is 0 Å². The van der Waals surface area contributed by atoms with Crippen LogP contribution in [-0.2, 0) is 0 Å². The third-order valence-electron chi connectivity index (χ3n) is 4.57. The Balaban J connectivity index is 1.72. The molecule has 0 atom stereocenters. The largest absolute Gasteiger partial charge is 0.488 e. The highest BCUT2D eigenvalue weighted by atomic mass is 16.4. The van der Waals surface area contributed by atoms with Crippen LogP contribution in [0.15, 0.2) is 97.3 Å². The summed E-state index contributed by atoms with van der Waals surface area (Å²) in [7, 11) is -1.47. The first-order valence-electron chi connectivity index (χ1n) is 8.78. The van der Waals surface area contributed by atoms with Gasteiger partial charge in [-0.25, -0.2) is 0 Å². The van der Waals surface area contributed by atoms with Gasteiger partial charge in [-0.05, 0) is 51.5 Å². The molecule has 1 aromatic heterocycles. The van der Waals surface area contributed by atoms with Crippen molar-refractivity contribution in [2.24, 2.45) is 0 Å². The molecule has 0 aliphatic rings. The van der Waals surface area contributed by atoms with Crippen LogP contribution in [-0.4, -0.2) is 22.2 Å². The van der Waals surface area contributed by atoms with Gasteiger partial charge in [-0.1, -0.05) is 66.7 Å². The van der Waals surface area contributed by atoms with E-state index in [1.165, 1.54) is 0 Å². The average Bonchev–Trinajstić information content (AvgIpc) is 2.75. The number of benzene rings is 3. The minimum Gasteiger partial charge on any atom is -0.423 e. The van der Waals surface area contributed by atoms with Gasteiger partial charge in [0.25, 0.3) is 0 Å². The molecule has 27 heavy (non-hydrogen) atoms. The van der Waals surface area contributed by atoms with Gasteiger partial charge in [-0.3, -0.25) is 4.98 Å². The maximum Gasteiger partial charge on any atom is 0.488 e. The van der Waals surface area contributed by atoms with Crippen LogP contribution in [0.25, 0.3) is 33.4 Å². The van der Waals surface area contributed by atoms with Gasteiger partial charge in [0.15, 0.2) is 0 Å². The maximum absolute atomic E-state index is 9.42. The van der Waals surface area contributed by atoms with Crippen molar-refractivity contribution in [2.45, 2.75) is 0 Å². The molecule has 0 spiro atoms. The lowest BCUT2D eigenvalue weighted by molar-refractivity contribution is 0.426. The highest BCUT2D eigenvalue weighted by molar-refractivity contribution is 6.58. The molecule has 0 saturated carbocycles. The lowest BCUT2D eigenvalue weighted by Gasteiger charge is -2.09. The number of pyridine rings is 1. The van der Waals surface area contributed by atoms with Crippen molar-refractivity contribution >= 4 is 12.6 Å². The van der Waals surface area contributed by atoms with Crippen LogP contribution in [0.5, 0.6) is 0 Å². The van der Waals surface area contributed by atoms with E-state index < -0.39 is 7.12 Å². The first kappa shape index (κ1) is 17.2. The second-order valence-electron chi connectivity index (χ2n) is 6.40. The zero-order chi connectivity index (χ0) is 18.6. The molecule has 0 bridgehead atoms. The van der Waals surface area contributed by atoms with Crippen LogP contribution >= 0.6 is 0 Å². The van der Waals surface area contributed by atoms with Gasteiger partial charge in [-0.15, -0.1) is 0 Å². The SMILES string of the molecule is OB(O)c1cccc(-c2cccc(-c3cccc(-c4cccnc4)c3)c2)c1. The quantitative estimate of drug-likeness (QED) is 0.551. The van der Waals surface area contributed by atoms with Crippen molar-refractivity contribution in [1.82, 2.24) is 4.98 Å². The van der Waals surface area contributed by atoms with Gasteiger partial charge in [0.05, 0.1) is 0 Å². The predicted molar refractivity (Wildman–Crippen MR) is 110 cm³/mol. The molecular weight excluding hydrogens is 333 g/mol. The van der Waals surface area contributed by atoms with E-state index in [4.69, 9.17) is 0 Å². The maximum atomic E-state index is 9.42. The Kier molecular flexibility index (Phi) is 4.83. The summed E-state index contributed by atoms with van der Waals surface area (Å²) in [5.41, 5.74) is 6.89. The Hall–Kier alpha value is -3.21. The molecule has 0 saturated heterocycles. The molecule has 0 radical (unpaired) electrons. The summed E-state index contributed by atoms with van der Waals surface area (Å²) in [6, 6.07) is 27.9. The van der Waals surface area contributed by atoms with Crippen molar-refractivity contribution in [3.05, 3.63) is 97.3 Å². The van der Waals surface area contributed by atoms with Crippen molar-refractivity contribution in [3.8, 4) is 33.4 Å². The van der Waals surface area contributed by atoms with Crippen molar-refractivity contribution < 1.29 is 10.0 Å². The van der Waals surface area contributed by atoms with Gasteiger partial charge < -0.3 is 10.0 Å². The topological polar surface area (TPSA) is 53.4 Å². The zero-order valence-corrected chi connectivity index (χ0v) is 14.7. The summed E-state index contributed by atoms with van der Waals surface area (Å²) in [5, 5.41) is 18.8. The fraction of sp³-hybridized carbons (Fsp3) is 0. The molecule has 0 unspecified atom stereocenters. The normalized spacial score (nSPS) is 10.6. The summed E-state index contributed by atoms with van der Waals surface area (Å²) in [4.78, 5) is 4.20. The van der Waals surface area contributed by atoms with E-state index >= 15 is 0 Å². The van der Waals surface area contributed by atoms with E-state index in [0.29, 0.717) is 5.46 Å². The molecule has 0 aliphatic heterocycles. The summed E-state index contributed by atoms with van der Waals surface area (Å²) in [5.74, 6) is 0. The molecule has 1 heterocycles. The Morgan fingerprint density at radius 3 is 1.56 bits per heavy atom. The van der Waals surface area contributed by atoms with Gasteiger partial charge in [0.2, 0.25) is 0 Å². The first-order valence-corrected chi connectivity index (χ1v) is 8.78. The molecule has 0 fully saturated rings. The molecule has 130 valence electrons. The fourth-order valence-electron chi connectivity index (χ4n) is 3.17. The smallest absolute Gasteiger partial charge is 0.423 e. The minimum atomic E-state index is -1.47. The van der Waals surface area contributed by atoms with Crippen molar-refractivity contribution in [2.75, 3.05) is 0 Å². The zero-order valence-electron chi connectivity index (χ0n) is 14.7. The summed E-state index contributed by atoms with van der Waals surface area (Å²) in [6.45, 7) is 0. The lowest BCUT2D eigenvalue weighted by atomic mass is 9.79. The number of aromatic nitrogens is 1. The summed E-state index contributed by atoms with van der Waals surface area (Å²) < 4.78 is 0. The number of nitrogens with zero attached hydrogens (tertiary/aromatic N) is 1. The van der Waals surface area contributed by atoms with Crippen LogP contribution in [0, 0.1) is 0 Å². The highest BCUT2D eigenvalue weighted by Crippen LogP contribution is 2.29. The third kappa shape index (κ3) is 3.82. The molecule has 3 aromatic carbocycles. The summed E-state index contributed by atoms with van der Waals surface area (Å²) >= 11 is 0. The Labute approximate surface area is 158 Å². The fourth-order valence-corrected chi connectivity index (χ4v) is 3.17. The Bertz CT molecular complexity index is 1060. The van der Waals surface area contributed by atoms with Crippen LogP contribution < -0.4 is 5.46 Å². The van der Waals surface area contributed by atoms with Crippen LogP contribution in [0.3, 0.4) is 0 Å². The number of rotatable bonds is 4. The Morgan fingerprint density at radius 1 is 0.556 bits per heavy atom. The van der Waals surface area contributed by atoms with Crippen LogP contribution in [0.4, 0.5) is 0 Å². The average molecular weight is 351 g/mol. The molecule has 2 N–H and O–H groups in total. The predicted octanol–water partition coefficient (Wildman–Crippen LogP) is 3.76. The molecule has 4 aromatic rings. The minimum absolute atomic E-state index is 0.483. The second-order valence-corrected chi connectivity index (χ2v) is 6.40.